The third-order valence-electron chi connectivity index (χ3n) is 7.97. The maximum Gasteiger partial charge on any atom is 0.192 e. The monoisotopic (exact) mass is 624 g/mol. The van der Waals surface area contributed by atoms with Crippen LogP contribution in [0.15, 0.2) is 41.1 Å². The third-order valence-corrected chi connectivity index (χ3v) is 13.2. The number of anilines is 1. The Hall–Kier alpha value is -2.98. The highest BCUT2D eigenvalue weighted by Gasteiger charge is 2.38. The lowest BCUT2D eigenvalue weighted by atomic mass is 10.1. The van der Waals surface area contributed by atoms with Crippen LogP contribution in [0.3, 0.4) is 0 Å². The van der Waals surface area contributed by atoms with Crippen molar-refractivity contribution in [2.24, 2.45) is 0 Å². The van der Waals surface area contributed by atoms with Crippen molar-refractivity contribution >= 4 is 37.3 Å². The first kappa shape index (κ1) is 30.5. The lowest BCUT2D eigenvalue weighted by Gasteiger charge is -2.38. The van der Waals surface area contributed by atoms with Crippen molar-refractivity contribution in [3.05, 3.63) is 76.2 Å². The van der Waals surface area contributed by atoms with Crippen LogP contribution < -0.4 is 9.64 Å². The summed E-state index contributed by atoms with van der Waals surface area (Å²) < 4.78 is 18.0. The maximum atomic E-state index is 7.04. The zero-order chi connectivity index (χ0) is 30.4. The van der Waals surface area contributed by atoms with Crippen LogP contribution in [0.1, 0.15) is 43.5 Å². The first-order valence-corrected chi connectivity index (χ1v) is 17.5. The fraction of sp³-hybridized carbons (Fsp3) is 0.387. The molecule has 11 heteroatoms. The van der Waals surface area contributed by atoms with Gasteiger partial charge in [0.2, 0.25) is 0 Å². The summed E-state index contributed by atoms with van der Waals surface area (Å²) in [6.45, 7) is 20.4. The van der Waals surface area contributed by atoms with Crippen LogP contribution in [-0.4, -0.2) is 41.1 Å². The van der Waals surface area contributed by atoms with Crippen molar-refractivity contribution in [1.29, 1.82) is 0 Å². The molecule has 1 atom stereocenters. The Morgan fingerprint density at radius 1 is 1.12 bits per heavy atom. The zero-order valence-electron chi connectivity index (χ0n) is 25.1. The minimum Gasteiger partial charge on any atom is -0.491 e. The first-order chi connectivity index (χ1) is 19.7. The molecule has 1 aliphatic heterocycles. The Morgan fingerprint density at radius 3 is 2.55 bits per heavy atom. The Bertz CT molecular complexity index is 1570. The Kier molecular flexibility index (Phi) is 8.42. The molecule has 42 heavy (non-hydrogen) atoms. The van der Waals surface area contributed by atoms with Crippen molar-refractivity contribution in [3.8, 4) is 28.4 Å². The molecule has 0 bridgehead atoms. The molecule has 5 rings (SSSR count). The van der Waals surface area contributed by atoms with Gasteiger partial charge in [-0.15, -0.1) is 0 Å². The van der Waals surface area contributed by atoms with Gasteiger partial charge in [-0.05, 0) is 68.7 Å². The SMILES string of the molecule is [CH2][C@H](COc1ccc(Cl)c(-c2nc(-c3c(C)noc3C)c(Cl)c(N3Cc4cccnc4C3)n2)c1)O[Si](C)(C)C(C)(C)C. The van der Waals surface area contributed by atoms with Gasteiger partial charge in [-0.3, -0.25) is 4.98 Å². The molecule has 0 spiro atoms. The summed E-state index contributed by atoms with van der Waals surface area (Å²) in [6.07, 6.45) is 1.48. The highest BCUT2D eigenvalue weighted by Crippen LogP contribution is 2.42. The normalized spacial score (nSPS) is 14.3. The van der Waals surface area contributed by atoms with Gasteiger partial charge in [0.15, 0.2) is 20.0 Å². The van der Waals surface area contributed by atoms with Gasteiger partial charge in [0.1, 0.15) is 28.8 Å². The molecule has 0 amide bonds. The van der Waals surface area contributed by atoms with Crippen LogP contribution in [0.2, 0.25) is 28.2 Å². The van der Waals surface area contributed by atoms with Gasteiger partial charge in [-0.2, -0.15) is 0 Å². The second kappa shape index (κ2) is 11.6. The molecule has 221 valence electrons. The predicted molar refractivity (Wildman–Crippen MR) is 170 cm³/mol. The molecular weight excluding hydrogens is 589 g/mol. The lowest BCUT2D eigenvalue weighted by molar-refractivity contribution is 0.148. The van der Waals surface area contributed by atoms with Gasteiger partial charge in [-0.25, -0.2) is 9.97 Å². The molecule has 0 saturated carbocycles. The van der Waals surface area contributed by atoms with Crippen molar-refractivity contribution in [1.82, 2.24) is 20.1 Å². The van der Waals surface area contributed by atoms with Gasteiger partial charge in [0.05, 0.1) is 34.6 Å². The van der Waals surface area contributed by atoms with E-state index >= 15 is 0 Å². The largest absolute Gasteiger partial charge is 0.491 e. The molecule has 8 nitrogen and oxygen atoms in total. The van der Waals surface area contributed by atoms with E-state index in [1.54, 1.807) is 12.3 Å². The smallest absolute Gasteiger partial charge is 0.192 e. The predicted octanol–water partition coefficient (Wildman–Crippen LogP) is 8.24. The number of halogens is 2. The number of hydrogen-bond donors (Lipinski definition) is 0. The molecule has 0 N–H and O–H groups in total. The highest BCUT2D eigenvalue weighted by atomic mass is 35.5. The number of aryl methyl sites for hydroxylation is 2. The van der Waals surface area contributed by atoms with Gasteiger partial charge in [-0.1, -0.05) is 55.2 Å². The average molecular weight is 626 g/mol. The van der Waals surface area contributed by atoms with Gasteiger partial charge in [0, 0.05) is 18.3 Å². The molecular formula is C31H36Cl2N5O3Si. The summed E-state index contributed by atoms with van der Waals surface area (Å²) in [5, 5.41) is 5.10. The van der Waals surface area contributed by atoms with Crippen molar-refractivity contribution in [2.75, 3.05) is 11.5 Å². The fourth-order valence-corrected chi connectivity index (χ4v) is 6.44. The van der Waals surface area contributed by atoms with Crippen molar-refractivity contribution < 1.29 is 13.7 Å². The maximum absolute atomic E-state index is 7.04. The number of pyridine rings is 1. The number of aromatic nitrogens is 4. The van der Waals surface area contributed by atoms with Gasteiger partial charge >= 0.3 is 0 Å². The molecule has 1 aromatic carbocycles. The second-order valence-electron chi connectivity index (χ2n) is 12.2. The molecule has 4 aromatic rings. The lowest BCUT2D eigenvalue weighted by Crippen LogP contribution is -2.44. The number of fused-ring (bicyclic) bond motifs is 1. The van der Waals surface area contributed by atoms with Crippen molar-refractivity contribution in [3.63, 3.8) is 0 Å². The minimum absolute atomic E-state index is 0.0751. The molecule has 1 radical (unpaired) electrons. The second-order valence-corrected chi connectivity index (χ2v) is 17.7. The van der Waals surface area contributed by atoms with Crippen molar-refractivity contribution in [2.45, 2.75) is 71.9 Å². The van der Waals surface area contributed by atoms with E-state index in [0.29, 0.717) is 69.8 Å². The Morgan fingerprint density at radius 2 is 1.88 bits per heavy atom. The number of ether oxygens (including phenoxy) is 1. The fourth-order valence-electron chi connectivity index (χ4n) is 4.68. The summed E-state index contributed by atoms with van der Waals surface area (Å²) in [4.78, 5) is 16.5. The summed E-state index contributed by atoms with van der Waals surface area (Å²) in [5.41, 5.74) is 4.67. The van der Waals surface area contributed by atoms with E-state index in [2.05, 4.69) is 61.9 Å². The van der Waals surface area contributed by atoms with Crippen LogP contribution in [0.5, 0.6) is 5.75 Å². The number of hydrogen-bond acceptors (Lipinski definition) is 8. The summed E-state index contributed by atoms with van der Waals surface area (Å²) >= 11 is 13.8. The Balaban J connectivity index is 1.51. The van der Waals surface area contributed by atoms with E-state index in [1.807, 2.05) is 32.0 Å². The highest BCUT2D eigenvalue weighted by molar-refractivity contribution is 6.74. The molecule has 0 unspecified atom stereocenters. The zero-order valence-corrected chi connectivity index (χ0v) is 27.6. The van der Waals surface area contributed by atoms with Crippen LogP contribution in [0, 0.1) is 20.8 Å². The topological polar surface area (TPSA) is 86.4 Å². The van der Waals surface area contributed by atoms with E-state index in [4.69, 9.17) is 46.9 Å². The third kappa shape index (κ3) is 6.06. The molecule has 0 fully saturated rings. The molecule has 0 saturated heterocycles. The van der Waals surface area contributed by atoms with E-state index < -0.39 is 8.32 Å². The molecule has 4 heterocycles. The van der Waals surface area contributed by atoms with E-state index in [1.165, 1.54) is 0 Å². The molecule has 3 aromatic heterocycles. The standard InChI is InChI=1S/C31H36Cl2N5O3Si/c1-18(41-42(7,8)31(4,5)6)17-39-22-11-12-24(32)23(14-22)29-35-28(26-19(2)37-40-20(26)3)27(33)30(36-29)38-15-21-10-9-13-34-25(21)16-38/h9-14,18H,1,15-17H2,2-8H3/t18-/m1/s1. The molecule has 0 aliphatic carbocycles. The van der Waals surface area contributed by atoms with Crippen LogP contribution >= 0.6 is 23.2 Å². The number of rotatable bonds is 8. The Labute approximate surface area is 258 Å². The molecule has 1 aliphatic rings. The first-order valence-electron chi connectivity index (χ1n) is 13.9. The summed E-state index contributed by atoms with van der Waals surface area (Å²) in [7, 11) is -1.99. The average Bonchev–Trinajstić information content (AvgIpc) is 3.50. The quantitative estimate of drug-likeness (QED) is 0.181. The van der Waals surface area contributed by atoms with E-state index in [-0.39, 0.29) is 11.1 Å². The van der Waals surface area contributed by atoms with Crippen LogP contribution in [-0.2, 0) is 17.5 Å². The summed E-state index contributed by atoms with van der Waals surface area (Å²) in [6, 6.07) is 9.44. The van der Waals surface area contributed by atoms with Gasteiger partial charge < -0.3 is 18.6 Å². The van der Waals surface area contributed by atoms with E-state index in [9.17, 15) is 0 Å². The van der Waals surface area contributed by atoms with Crippen LogP contribution in [0.25, 0.3) is 22.6 Å². The van der Waals surface area contributed by atoms with Gasteiger partial charge in [0.25, 0.3) is 0 Å². The number of benzene rings is 1. The number of nitrogens with zero attached hydrogens (tertiary/aromatic N) is 5. The van der Waals surface area contributed by atoms with E-state index in [0.717, 1.165) is 16.8 Å². The minimum atomic E-state index is -1.99. The summed E-state index contributed by atoms with van der Waals surface area (Å²) in [5.74, 6) is 2.21. The van der Waals surface area contributed by atoms with Crippen LogP contribution in [0.4, 0.5) is 5.82 Å².